The summed E-state index contributed by atoms with van der Waals surface area (Å²) in [7, 11) is 2.78. The summed E-state index contributed by atoms with van der Waals surface area (Å²) in [6, 6.07) is 7.07. The van der Waals surface area contributed by atoms with Crippen LogP contribution in [0.5, 0.6) is 23.0 Å². The van der Waals surface area contributed by atoms with Gasteiger partial charge < -0.3 is 49.2 Å². The van der Waals surface area contributed by atoms with Gasteiger partial charge in [-0.25, -0.2) is 4.79 Å². The van der Waals surface area contributed by atoms with Crippen LogP contribution in [0.2, 0.25) is 0 Å². The Kier molecular flexibility index (Phi) is 7.30. The van der Waals surface area contributed by atoms with E-state index in [1.807, 2.05) is 0 Å². The number of carbonyl (C=O) groups is 3. The van der Waals surface area contributed by atoms with E-state index in [2.05, 4.69) is 0 Å². The molecule has 0 aliphatic carbocycles. The molecule has 0 aromatic heterocycles. The van der Waals surface area contributed by atoms with Crippen molar-refractivity contribution in [1.29, 1.82) is 0 Å². The second-order valence-electron chi connectivity index (χ2n) is 12.4. The molecule has 0 unspecified atom stereocenters. The van der Waals surface area contributed by atoms with Crippen LogP contribution < -0.4 is 9.47 Å². The zero-order valence-electron chi connectivity index (χ0n) is 25.6. The number of aliphatic hydroxyl groups is 3. The van der Waals surface area contributed by atoms with Crippen molar-refractivity contribution in [3.05, 3.63) is 71.7 Å². The molecule has 2 spiro atoms. The smallest absolute Gasteiger partial charge is 0.338 e. The number of aromatic hydroxyl groups is 1. The van der Waals surface area contributed by atoms with Crippen molar-refractivity contribution in [3.63, 3.8) is 0 Å². The van der Waals surface area contributed by atoms with E-state index in [-0.39, 0.29) is 45.5 Å². The lowest BCUT2D eigenvalue weighted by molar-refractivity contribution is -0.175. The number of piperazine rings is 1. The third-order valence-corrected chi connectivity index (χ3v) is 13.1. The molecule has 13 nitrogen and oxygen atoms in total. The summed E-state index contributed by atoms with van der Waals surface area (Å²) in [5.74, 6) is -2.38. The summed E-state index contributed by atoms with van der Waals surface area (Å²) >= 11 is 1.92. The van der Waals surface area contributed by atoms with Gasteiger partial charge in [-0.05, 0) is 55.8 Å². The molecule has 6 heterocycles. The Hall–Kier alpha value is -3.89. The van der Waals surface area contributed by atoms with E-state index in [9.17, 15) is 30.0 Å². The first kappa shape index (κ1) is 31.7. The number of phenolic OH excluding ortho intramolecular Hbond substituents is 1. The standard InChI is InChI=1S/C32H32N2O11S2/c1-30(2,41)23-14-46-31-25(36)15-5-7-18(35)21(11-15)44-22-12-16(6-8-19(22)42-4)27(38)45-20-9-10-43-13-17-24(20)34(29(31)40)32(47-23,26(17)37)28(39)33(31)3/h5-13,20,23-26,35-37,41H,14H2,1-4H3/t20-,23-,24-,25-,26+,31+,32+/m0/s1. The molecule has 248 valence electrons. The second kappa shape index (κ2) is 10.8. The van der Waals surface area contributed by atoms with Crippen LogP contribution in [-0.2, 0) is 19.1 Å². The van der Waals surface area contributed by atoms with Gasteiger partial charge >= 0.3 is 5.97 Å². The lowest BCUT2D eigenvalue weighted by atomic mass is 9.93. The van der Waals surface area contributed by atoms with Gasteiger partial charge in [-0.3, -0.25) is 9.59 Å². The molecule has 2 aromatic rings. The number of esters is 1. The molecule has 0 saturated carbocycles. The van der Waals surface area contributed by atoms with Crippen molar-refractivity contribution in [1.82, 2.24) is 9.80 Å². The van der Waals surface area contributed by atoms with Crippen molar-refractivity contribution < 1.29 is 53.8 Å². The number of benzene rings is 2. The van der Waals surface area contributed by atoms with Crippen molar-refractivity contribution in [2.45, 2.75) is 58.8 Å². The number of hydrogen-bond acceptors (Lipinski definition) is 13. The van der Waals surface area contributed by atoms with Gasteiger partial charge in [0, 0.05) is 23.6 Å². The Morgan fingerprint density at radius 3 is 2.51 bits per heavy atom. The van der Waals surface area contributed by atoms with Gasteiger partial charge in [0.05, 0.1) is 30.8 Å². The number of hydrogen-bond donors (Lipinski definition) is 4. The molecule has 4 saturated heterocycles. The summed E-state index contributed by atoms with van der Waals surface area (Å²) in [4.78, 5) is 42.0. The predicted octanol–water partition coefficient (Wildman–Crippen LogP) is 2.25. The van der Waals surface area contributed by atoms with Crippen molar-refractivity contribution in [2.24, 2.45) is 0 Å². The molecule has 6 aliphatic heterocycles. The van der Waals surface area contributed by atoms with Gasteiger partial charge in [-0.15, -0.1) is 23.5 Å². The predicted molar refractivity (Wildman–Crippen MR) is 169 cm³/mol. The average molecular weight is 685 g/mol. The number of aliphatic hydroxyl groups excluding tert-OH is 2. The number of amides is 2. The summed E-state index contributed by atoms with van der Waals surface area (Å²) in [6.07, 6.45) is -0.762. The highest BCUT2D eigenvalue weighted by molar-refractivity contribution is 8.06. The fourth-order valence-electron chi connectivity index (χ4n) is 6.71. The first-order valence-electron chi connectivity index (χ1n) is 14.7. The number of methoxy groups -OCH3 is 1. The van der Waals surface area contributed by atoms with Gasteiger partial charge in [0.2, 0.25) is 0 Å². The van der Waals surface area contributed by atoms with Crippen LogP contribution in [0.15, 0.2) is 60.6 Å². The highest BCUT2D eigenvalue weighted by Gasteiger charge is 2.76. The maximum absolute atomic E-state index is 15.2. The number of ether oxygens (including phenoxy) is 4. The zero-order valence-corrected chi connectivity index (χ0v) is 27.3. The SMILES string of the molecule is COc1ccc2cc1Oc1cc(ccc1O)[C@H](O)[C@]13SC[C@@H](C(C)(C)O)S[C@@]4(C(=O)N1C)[C@H](O)C1=COC=C[C@H](OC2=O)[C@H]1N4C3=O. The minimum Gasteiger partial charge on any atom is -0.504 e. The first-order chi connectivity index (χ1) is 22.2. The fourth-order valence-corrected chi connectivity index (χ4v) is 10.3. The number of phenols is 1. The Balaban J connectivity index is 1.53. The average Bonchev–Trinajstić information content (AvgIpc) is 3.12. The highest BCUT2D eigenvalue weighted by Crippen LogP contribution is 2.61. The number of fused-ring (bicyclic) bond motifs is 8. The number of thioether (sulfide) groups is 2. The van der Waals surface area contributed by atoms with Gasteiger partial charge in [0.25, 0.3) is 11.8 Å². The lowest BCUT2D eigenvalue weighted by Crippen LogP contribution is -2.78. The number of nitrogens with zero attached hydrogens (tertiary/aromatic N) is 2. The third kappa shape index (κ3) is 4.40. The molecular formula is C32H32N2O11S2. The van der Waals surface area contributed by atoms with Gasteiger partial charge in [0.15, 0.2) is 32.7 Å². The Bertz CT molecular complexity index is 1760. The maximum Gasteiger partial charge on any atom is 0.338 e. The third-order valence-electron chi connectivity index (χ3n) is 9.26. The van der Waals surface area contributed by atoms with E-state index >= 15 is 4.79 Å². The van der Waals surface area contributed by atoms with Crippen LogP contribution in [-0.4, -0.2) is 107 Å². The molecule has 7 bridgehead atoms. The number of rotatable bonds is 2. The summed E-state index contributed by atoms with van der Waals surface area (Å²) in [6.45, 7) is 3.13. The van der Waals surface area contributed by atoms with Crippen LogP contribution >= 0.6 is 23.5 Å². The van der Waals surface area contributed by atoms with Crippen LogP contribution in [0, 0.1) is 0 Å². The first-order valence-corrected chi connectivity index (χ1v) is 16.6. The largest absolute Gasteiger partial charge is 0.504 e. The quantitative estimate of drug-likeness (QED) is 0.340. The minimum atomic E-state index is -2.05. The molecular weight excluding hydrogens is 652 g/mol. The Labute approximate surface area is 277 Å². The van der Waals surface area contributed by atoms with Crippen molar-refractivity contribution in [2.75, 3.05) is 19.9 Å². The highest BCUT2D eigenvalue weighted by atomic mass is 32.2. The molecule has 47 heavy (non-hydrogen) atoms. The molecule has 2 aromatic carbocycles. The molecule has 15 heteroatoms. The lowest BCUT2D eigenvalue weighted by Gasteiger charge is -2.59. The molecule has 4 fully saturated rings. The van der Waals surface area contributed by atoms with Crippen LogP contribution in [0.4, 0.5) is 0 Å². The van der Waals surface area contributed by atoms with Crippen molar-refractivity contribution >= 4 is 41.3 Å². The van der Waals surface area contributed by atoms with E-state index in [1.165, 1.54) is 74.1 Å². The van der Waals surface area contributed by atoms with Gasteiger partial charge in [-0.2, -0.15) is 0 Å². The number of carbonyl (C=O) groups excluding carboxylic acids is 3. The fraction of sp³-hybridized carbons (Fsp3) is 0.406. The molecule has 4 N–H and O–H groups in total. The second-order valence-corrected chi connectivity index (χ2v) is 15.1. The van der Waals surface area contributed by atoms with E-state index < -0.39 is 62.7 Å². The monoisotopic (exact) mass is 684 g/mol. The Morgan fingerprint density at radius 2 is 1.79 bits per heavy atom. The molecule has 2 amide bonds. The van der Waals surface area contributed by atoms with E-state index in [1.54, 1.807) is 13.8 Å². The topological polar surface area (TPSA) is 176 Å². The van der Waals surface area contributed by atoms with Crippen LogP contribution in [0.3, 0.4) is 0 Å². The van der Waals surface area contributed by atoms with Gasteiger partial charge in [-0.1, -0.05) is 6.07 Å². The Morgan fingerprint density at radius 1 is 1.02 bits per heavy atom. The molecule has 0 radical (unpaired) electrons. The maximum atomic E-state index is 15.2. The van der Waals surface area contributed by atoms with E-state index in [4.69, 9.17) is 18.9 Å². The van der Waals surface area contributed by atoms with Crippen LogP contribution in [0.25, 0.3) is 0 Å². The minimum absolute atomic E-state index is 0.0310. The summed E-state index contributed by atoms with van der Waals surface area (Å²) in [5.41, 5.74) is -1.17. The molecule has 8 rings (SSSR count). The van der Waals surface area contributed by atoms with E-state index in [0.29, 0.717) is 0 Å². The normalized spacial score (nSPS) is 33.0. The summed E-state index contributed by atoms with van der Waals surface area (Å²) in [5, 5.41) is 45.7. The molecule has 6 aliphatic rings. The van der Waals surface area contributed by atoms with Crippen molar-refractivity contribution in [3.8, 4) is 23.0 Å². The van der Waals surface area contributed by atoms with Crippen LogP contribution in [0.1, 0.15) is 35.9 Å². The van der Waals surface area contributed by atoms with Gasteiger partial charge in [0.1, 0.15) is 24.4 Å². The molecule has 7 atom stereocenters. The zero-order chi connectivity index (χ0) is 33.6. The summed E-state index contributed by atoms with van der Waals surface area (Å²) < 4.78 is 23.0. The van der Waals surface area contributed by atoms with E-state index in [0.717, 1.165) is 28.4 Å². The number of likely N-dealkylation sites (N-methyl/N-ethyl adjacent to an activating group) is 1.